The lowest BCUT2D eigenvalue weighted by Gasteiger charge is -2.36. The lowest BCUT2D eigenvalue weighted by molar-refractivity contribution is -0.147. The molecule has 1 N–H and O–H groups in total. The number of halogens is 1. The van der Waals surface area contributed by atoms with E-state index < -0.39 is 5.97 Å². The van der Waals surface area contributed by atoms with E-state index in [-0.39, 0.29) is 17.6 Å². The van der Waals surface area contributed by atoms with Crippen molar-refractivity contribution in [1.82, 2.24) is 15.0 Å². The maximum absolute atomic E-state index is 14.6. The van der Waals surface area contributed by atoms with Crippen LogP contribution in [0, 0.1) is 17.7 Å². The molecular weight excluding hydrogens is 385 g/mol. The van der Waals surface area contributed by atoms with E-state index in [0.717, 1.165) is 12.0 Å². The van der Waals surface area contributed by atoms with E-state index in [1.807, 2.05) is 17.0 Å². The van der Waals surface area contributed by atoms with Crippen molar-refractivity contribution >= 4 is 5.97 Å². The molecule has 3 aromatic rings. The van der Waals surface area contributed by atoms with Gasteiger partial charge in [-0.3, -0.25) is 9.69 Å². The van der Waals surface area contributed by atoms with E-state index in [4.69, 9.17) is 9.63 Å². The van der Waals surface area contributed by atoms with Crippen molar-refractivity contribution in [2.75, 3.05) is 13.1 Å². The van der Waals surface area contributed by atoms with Crippen molar-refractivity contribution < 1.29 is 18.8 Å². The summed E-state index contributed by atoms with van der Waals surface area (Å²) in [4.78, 5) is 17.2. The van der Waals surface area contributed by atoms with Crippen molar-refractivity contribution in [2.24, 2.45) is 11.8 Å². The Morgan fingerprint density at radius 1 is 1.20 bits per heavy atom. The molecular formula is C23H24FN3O3. The predicted octanol–water partition coefficient (Wildman–Crippen LogP) is 4.26. The van der Waals surface area contributed by atoms with E-state index in [9.17, 15) is 9.18 Å². The van der Waals surface area contributed by atoms with Crippen molar-refractivity contribution in [2.45, 2.75) is 26.8 Å². The number of carboxylic acid groups (broad SMARTS) is 1. The molecule has 0 bridgehead atoms. The summed E-state index contributed by atoms with van der Waals surface area (Å²) < 4.78 is 19.9. The van der Waals surface area contributed by atoms with Crippen LogP contribution in [-0.2, 0) is 17.8 Å². The molecule has 7 heteroatoms. The highest BCUT2D eigenvalue weighted by molar-refractivity contribution is 5.71. The van der Waals surface area contributed by atoms with E-state index >= 15 is 0 Å². The van der Waals surface area contributed by atoms with Gasteiger partial charge < -0.3 is 9.63 Å². The first kappa shape index (κ1) is 20.2. The Bertz CT molecular complexity index is 1040. The highest BCUT2D eigenvalue weighted by atomic mass is 19.1. The summed E-state index contributed by atoms with van der Waals surface area (Å²) in [5.74, 6) is -0.218. The Morgan fingerprint density at radius 3 is 2.53 bits per heavy atom. The maximum Gasteiger partial charge on any atom is 0.309 e. The molecule has 1 fully saturated rings. The van der Waals surface area contributed by atoms with E-state index in [1.54, 1.807) is 12.1 Å². The van der Waals surface area contributed by atoms with Crippen LogP contribution in [0.3, 0.4) is 0 Å². The molecule has 0 saturated carbocycles. The Labute approximate surface area is 174 Å². The predicted molar refractivity (Wildman–Crippen MR) is 110 cm³/mol. The van der Waals surface area contributed by atoms with Gasteiger partial charge in [-0.25, -0.2) is 4.39 Å². The molecule has 1 aliphatic rings. The Morgan fingerprint density at radius 2 is 1.90 bits per heavy atom. The zero-order chi connectivity index (χ0) is 21.3. The third-order valence-electron chi connectivity index (χ3n) is 5.28. The van der Waals surface area contributed by atoms with E-state index in [1.165, 1.54) is 11.6 Å². The van der Waals surface area contributed by atoms with Crippen LogP contribution < -0.4 is 0 Å². The minimum atomic E-state index is -0.802. The van der Waals surface area contributed by atoms with Gasteiger partial charge in [0.15, 0.2) is 0 Å². The van der Waals surface area contributed by atoms with Crippen molar-refractivity contribution in [3.05, 3.63) is 59.4 Å². The minimum Gasteiger partial charge on any atom is -0.481 e. The van der Waals surface area contributed by atoms with Gasteiger partial charge >= 0.3 is 5.97 Å². The van der Waals surface area contributed by atoms with Gasteiger partial charge in [0.25, 0.3) is 5.89 Å². The third-order valence-corrected chi connectivity index (χ3v) is 5.28. The molecule has 0 spiro atoms. The number of nitrogens with zero attached hydrogens (tertiary/aromatic N) is 3. The Balaban J connectivity index is 1.44. The van der Waals surface area contributed by atoms with Crippen molar-refractivity contribution in [1.29, 1.82) is 0 Å². The molecule has 1 aliphatic heterocycles. The monoisotopic (exact) mass is 409 g/mol. The number of rotatable bonds is 7. The van der Waals surface area contributed by atoms with Gasteiger partial charge in [0.2, 0.25) is 5.82 Å². The van der Waals surface area contributed by atoms with Gasteiger partial charge in [0, 0.05) is 36.3 Å². The second-order valence-electron chi connectivity index (χ2n) is 8.25. The number of aromatic nitrogens is 2. The molecule has 30 heavy (non-hydrogen) atoms. The fourth-order valence-electron chi connectivity index (χ4n) is 3.62. The number of aliphatic carboxylic acids is 1. The van der Waals surface area contributed by atoms with E-state index in [2.05, 4.69) is 36.1 Å². The van der Waals surface area contributed by atoms with Crippen molar-refractivity contribution in [3.8, 4) is 22.8 Å². The van der Waals surface area contributed by atoms with Gasteiger partial charge in [-0.2, -0.15) is 4.98 Å². The molecule has 156 valence electrons. The average molecular weight is 409 g/mol. The number of hydrogen-bond donors (Lipinski definition) is 1. The summed E-state index contributed by atoms with van der Waals surface area (Å²) in [6.07, 6.45) is 1.01. The van der Waals surface area contributed by atoms with Crippen LogP contribution in [0.1, 0.15) is 25.0 Å². The number of benzene rings is 2. The summed E-state index contributed by atoms with van der Waals surface area (Å²) in [6, 6.07) is 12.9. The van der Waals surface area contributed by atoms with Crippen LogP contribution >= 0.6 is 0 Å². The van der Waals surface area contributed by atoms with E-state index in [0.29, 0.717) is 42.5 Å². The van der Waals surface area contributed by atoms with Gasteiger partial charge in [0.05, 0.1) is 5.92 Å². The second-order valence-corrected chi connectivity index (χ2v) is 8.25. The normalized spacial score (nSPS) is 14.8. The number of likely N-dealkylation sites (tertiary alicyclic amines) is 1. The van der Waals surface area contributed by atoms with Crippen molar-refractivity contribution in [3.63, 3.8) is 0 Å². The molecule has 0 aliphatic carbocycles. The molecule has 0 radical (unpaired) electrons. The standard InChI is InChI=1S/C23H24FN3O3/c1-14(2)9-15-3-5-16(6-4-15)21-25-22(30-26-21)17-7-8-18(20(24)10-17)11-27-12-19(13-27)23(28)29/h3-8,10,14,19H,9,11-13H2,1-2H3,(H,28,29). The smallest absolute Gasteiger partial charge is 0.309 e. The first-order valence-corrected chi connectivity index (χ1v) is 10.1. The largest absolute Gasteiger partial charge is 0.481 e. The quantitative estimate of drug-likeness (QED) is 0.628. The van der Waals surface area contributed by atoms with Crippen LogP contribution in [0.15, 0.2) is 47.0 Å². The lowest BCUT2D eigenvalue weighted by atomic mass is 9.99. The molecule has 1 saturated heterocycles. The van der Waals surface area contributed by atoms with Crippen LogP contribution in [0.4, 0.5) is 4.39 Å². The fourth-order valence-corrected chi connectivity index (χ4v) is 3.62. The first-order valence-electron chi connectivity index (χ1n) is 10.1. The van der Waals surface area contributed by atoms with Crippen LogP contribution in [-0.4, -0.2) is 39.2 Å². The van der Waals surface area contributed by atoms with Gasteiger partial charge in [-0.1, -0.05) is 49.3 Å². The summed E-state index contributed by atoms with van der Waals surface area (Å²) in [5, 5.41) is 13.0. The summed E-state index contributed by atoms with van der Waals surface area (Å²) in [5.41, 5.74) is 3.13. The van der Waals surface area contributed by atoms with Gasteiger partial charge in [-0.15, -0.1) is 0 Å². The van der Waals surface area contributed by atoms with Gasteiger partial charge in [-0.05, 0) is 30.0 Å². The number of carboxylic acids is 1. The molecule has 0 amide bonds. The molecule has 0 unspecified atom stereocenters. The third kappa shape index (κ3) is 4.41. The number of hydrogen-bond acceptors (Lipinski definition) is 5. The lowest BCUT2D eigenvalue weighted by Crippen LogP contribution is -2.49. The molecule has 4 rings (SSSR count). The minimum absolute atomic E-state index is 0.261. The summed E-state index contributed by atoms with van der Waals surface area (Å²) >= 11 is 0. The van der Waals surface area contributed by atoms with Gasteiger partial charge in [0.1, 0.15) is 5.82 Å². The second kappa shape index (κ2) is 8.36. The Hall–Kier alpha value is -3.06. The molecule has 1 aromatic heterocycles. The SMILES string of the molecule is CC(C)Cc1ccc(-c2noc(-c3ccc(CN4CC(C(=O)O)C4)c(F)c3)n2)cc1. The maximum atomic E-state index is 14.6. The Kier molecular flexibility index (Phi) is 5.63. The highest BCUT2D eigenvalue weighted by Gasteiger charge is 2.32. The zero-order valence-electron chi connectivity index (χ0n) is 17.0. The first-order chi connectivity index (χ1) is 14.4. The summed E-state index contributed by atoms with van der Waals surface area (Å²) in [6.45, 7) is 5.63. The van der Waals surface area contributed by atoms with Crippen LogP contribution in [0.2, 0.25) is 0 Å². The summed E-state index contributed by atoms with van der Waals surface area (Å²) in [7, 11) is 0. The molecule has 6 nitrogen and oxygen atoms in total. The average Bonchev–Trinajstić information content (AvgIpc) is 3.15. The van der Waals surface area contributed by atoms with Crippen LogP contribution in [0.5, 0.6) is 0 Å². The molecule has 0 atom stereocenters. The topological polar surface area (TPSA) is 79.5 Å². The zero-order valence-corrected chi connectivity index (χ0v) is 17.0. The van der Waals surface area contributed by atoms with Crippen LogP contribution in [0.25, 0.3) is 22.8 Å². The molecule has 2 aromatic carbocycles. The molecule has 2 heterocycles. The fraction of sp³-hybridized carbons (Fsp3) is 0.348. The number of carbonyl (C=O) groups is 1. The highest BCUT2D eigenvalue weighted by Crippen LogP contribution is 2.26.